The Morgan fingerprint density at radius 2 is 1.83 bits per heavy atom. The molecule has 2 heterocycles. The zero-order valence-electron chi connectivity index (χ0n) is 16.8. The molecule has 0 unspecified atom stereocenters. The maximum absolute atomic E-state index is 12.9. The van der Waals surface area contributed by atoms with Crippen molar-refractivity contribution in [1.29, 1.82) is 0 Å². The van der Waals surface area contributed by atoms with Crippen molar-refractivity contribution in [1.82, 2.24) is 14.2 Å². The Labute approximate surface area is 170 Å². The van der Waals surface area contributed by atoms with Crippen LogP contribution in [0.5, 0.6) is 11.5 Å². The number of hydrogen-bond donors (Lipinski definition) is 1. The van der Waals surface area contributed by atoms with Gasteiger partial charge in [-0.3, -0.25) is 0 Å². The number of nitrogens with one attached hydrogen (secondary N) is 1. The molecule has 1 aliphatic rings. The van der Waals surface area contributed by atoms with E-state index in [-0.39, 0.29) is 17.5 Å². The third-order valence-electron chi connectivity index (χ3n) is 5.20. The Morgan fingerprint density at radius 1 is 1.10 bits per heavy atom. The number of aromatic nitrogens is 1. The quantitative estimate of drug-likeness (QED) is 0.670. The van der Waals surface area contributed by atoms with Crippen LogP contribution in [0.2, 0.25) is 0 Å². The number of hydrogen-bond acceptors (Lipinski definition) is 5. The van der Waals surface area contributed by atoms with Gasteiger partial charge in [-0.2, -0.15) is 0 Å². The molecule has 29 heavy (non-hydrogen) atoms. The fraction of sp³-hybridized carbons (Fsp3) is 0.333. The molecule has 0 radical (unpaired) electrons. The van der Waals surface area contributed by atoms with Crippen LogP contribution in [0.15, 0.2) is 53.6 Å². The minimum Gasteiger partial charge on any atom is -0.486 e. The number of aryl methyl sites for hydroxylation is 1. The molecular formula is C21H25N3O4S. The van der Waals surface area contributed by atoms with Crippen LogP contribution in [-0.2, 0) is 17.1 Å². The molecule has 1 aliphatic heterocycles. The summed E-state index contributed by atoms with van der Waals surface area (Å²) in [5.74, 6) is 1.02. The van der Waals surface area contributed by atoms with E-state index in [4.69, 9.17) is 9.47 Å². The predicted molar refractivity (Wildman–Crippen MR) is 112 cm³/mol. The highest BCUT2D eigenvalue weighted by molar-refractivity contribution is 7.89. The number of sulfonamides is 1. The van der Waals surface area contributed by atoms with Crippen LogP contribution in [0.1, 0.15) is 11.6 Å². The average Bonchev–Trinajstić information content (AvgIpc) is 3.04. The maximum Gasteiger partial charge on any atom is 0.240 e. The third kappa shape index (κ3) is 3.83. The molecule has 7 nitrogen and oxygen atoms in total. The Balaban J connectivity index is 1.59. The third-order valence-corrected chi connectivity index (χ3v) is 6.62. The van der Waals surface area contributed by atoms with E-state index >= 15 is 0 Å². The second-order valence-electron chi connectivity index (χ2n) is 7.35. The molecular weight excluding hydrogens is 390 g/mol. The lowest BCUT2D eigenvalue weighted by Gasteiger charge is -2.25. The van der Waals surface area contributed by atoms with Crippen molar-refractivity contribution < 1.29 is 17.9 Å². The summed E-state index contributed by atoms with van der Waals surface area (Å²) >= 11 is 0. The SMILES string of the molecule is CN(C)[C@@H](CNS(=O)(=O)c1ccc2c(c1)OCCO2)c1cn(C)c2ccccc12. The minimum atomic E-state index is -3.70. The van der Waals surface area contributed by atoms with Gasteiger partial charge in [0.15, 0.2) is 11.5 Å². The van der Waals surface area contributed by atoms with Gasteiger partial charge in [0, 0.05) is 42.8 Å². The van der Waals surface area contributed by atoms with E-state index in [9.17, 15) is 8.42 Å². The van der Waals surface area contributed by atoms with Gasteiger partial charge in [-0.1, -0.05) is 18.2 Å². The van der Waals surface area contributed by atoms with Crippen molar-refractivity contribution in [2.24, 2.45) is 7.05 Å². The smallest absolute Gasteiger partial charge is 0.240 e. The molecule has 0 amide bonds. The molecule has 8 heteroatoms. The molecule has 1 aromatic heterocycles. The molecule has 3 aromatic rings. The van der Waals surface area contributed by atoms with Crippen LogP contribution in [0.25, 0.3) is 10.9 Å². The normalized spacial score (nSPS) is 15.0. The first kappa shape index (κ1) is 19.8. The van der Waals surface area contributed by atoms with Gasteiger partial charge in [-0.15, -0.1) is 0 Å². The number of rotatable bonds is 6. The lowest BCUT2D eigenvalue weighted by molar-refractivity contribution is 0.171. The summed E-state index contributed by atoms with van der Waals surface area (Å²) in [6.07, 6.45) is 2.06. The molecule has 154 valence electrons. The highest BCUT2D eigenvalue weighted by Crippen LogP contribution is 2.33. The highest BCUT2D eigenvalue weighted by atomic mass is 32.2. The molecule has 1 atom stereocenters. The van der Waals surface area contributed by atoms with Gasteiger partial charge >= 0.3 is 0 Å². The summed E-state index contributed by atoms with van der Waals surface area (Å²) in [5.41, 5.74) is 2.20. The van der Waals surface area contributed by atoms with E-state index in [0.717, 1.165) is 16.5 Å². The van der Waals surface area contributed by atoms with Gasteiger partial charge in [0.05, 0.1) is 4.90 Å². The van der Waals surface area contributed by atoms with Crippen LogP contribution in [0.3, 0.4) is 0 Å². The Hall–Kier alpha value is -2.55. The van der Waals surface area contributed by atoms with Crippen molar-refractivity contribution in [2.75, 3.05) is 33.9 Å². The molecule has 0 spiro atoms. The molecule has 0 saturated carbocycles. The zero-order valence-corrected chi connectivity index (χ0v) is 17.6. The van der Waals surface area contributed by atoms with Gasteiger partial charge in [0.2, 0.25) is 10.0 Å². The first-order valence-electron chi connectivity index (χ1n) is 9.46. The average molecular weight is 416 g/mol. The summed E-state index contributed by atoms with van der Waals surface area (Å²) in [4.78, 5) is 2.19. The highest BCUT2D eigenvalue weighted by Gasteiger charge is 2.24. The molecule has 0 aliphatic carbocycles. The molecule has 1 N–H and O–H groups in total. The summed E-state index contributed by atoms with van der Waals surface area (Å²) in [6, 6.07) is 12.7. The standard InChI is InChI=1S/C21H25N3O4S/c1-23(2)19(17-14-24(3)18-7-5-4-6-16(17)18)13-22-29(25,26)15-8-9-20-21(12-15)28-11-10-27-20/h4-9,12,14,19,22H,10-11,13H2,1-3H3/t19-/m0/s1. The number of likely N-dealkylation sites (N-methyl/N-ethyl adjacent to an activating group) is 1. The van der Waals surface area contributed by atoms with E-state index in [0.29, 0.717) is 24.7 Å². The van der Waals surface area contributed by atoms with Crippen LogP contribution in [0, 0.1) is 0 Å². The number of fused-ring (bicyclic) bond motifs is 2. The van der Waals surface area contributed by atoms with Crippen molar-refractivity contribution >= 4 is 20.9 Å². The largest absolute Gasteiger partial charge is 0.486 e. The Morgan fingerprint density at radius 3 is 2.59 bits per heavy atom. The van der Waals surface area contributed by atoms with Crippen LogP contribution in [-0.4, -0.2) is 51.7 Å². The zero-order chi connectivity index (χ0) is 20.6. The summed E-state index contributed by atoms with van der Waals surface area (Å²) in [7, 11) is 2.20. The fourth-order valence-electron chi connectivity index (χ4n) is 3.67. The van der Waals surface area contributed by atoms with Gasteiger partial charge in [-0.25, -0.2) is 13.1 Å². The first-order chi connectivity index (χ1) is 13.9. The van der Waals surface area contributed by atoms with E-state index < -0.39 is 10.0 Å². The van der Waals surface area contributed by atoms with E-state index in [1.54, 1.807) is 12.1 Å². The molecule has 0 fully saturated rings. The van der Waals surface area contributed by atoms with Crippen LogP contribution >= 0.6 is 0 Å². The topological polar surface area (TPSA) is 72.8 Å². The van der Waals surface area contributed by atoms with Crippen LogP contribution in [0.4, 0.5) is 0 Å². The number of nitrogens with zero attached hydrogens (tertiary/aromatic N) is 2. The van der Waals surface area contributed by atoms with E-state index in [1.807, 2.05) is 38.2 Å². The monoisotopic (exact) mass is 415 g/mol. The van der Waals surface area contributed by atoms with Crippen molar-refractivity contribution in [3.05, 3.63) is 54.2 Å². The summed E-state index contributed by atoms with van der Waals surface area (Å²) in [6.45, 7) is 1.12. The Kier molecular flexibility index (Phi) is 5.24. The molecule has 4 rings (SSSR count). The van der Waals surface area contributed by atoms with Crippen molar-refractivity contribution in [3.8, 4) is 11.5 Å². The summed E-state index contributed by atoms with van der Waals surface area (Å²) in [5, 5.41) is 1.12. The predicted octanol–water partition coefficient (Wildman–Crippen LogP) is 2.53. The van der Waals surface area contributed by atoms with Crippen LogP contribution < -0.4 is 14.2 Å². The van der Waals surface area contributed by atoms with Gasteiger partial charge in [0.1, 0.15) is 13.2 Å². The number of ether oxygens (including phenoxy) is 2. The molecule has 0 bridgehead atoms. The second kappa shape index (κ2) is 7.70. The van der Waals surface area contributed by atoms with Crippen molar-refractivity contribution in [3.63, 3.8) is 0 Å². The molecule has 2 aromatic carbocycles. The maximum atomic E-state index is 12.9. The minimum absolute atomic E-state index is 0.118. The lowest BCUT2D eigenvalue weighted by atomic mass is 10.1. The van der Waals surface area contributed by atoms with Gasteiger partial charge < -0.3 is 18.9 Å². The van der Waals surface area contributed by atoms with Crippen molar-refractivity contribution in [2.45, 2.75) is 10.9 Å². The lowest BCUT2D eigenvalue weighted by Crippen LogP contribution is -2.34. The number of benzene rings is 2. The van der Waals surface area contributed by atoms with E-state index in [2.05, 4.69) is 27.6 Å². The number of para-hydroxylation sites is 1. The first-order valence-corrected chi connectivity index (χ1v) is 10.9. The molecule has 0 saturated heterocycles. The van der Waals surface area contributed by atoms with E-state index in [1.165, 1.54) is 6.07 Å². The summed E-state index contributed by atoms with van der Waals surface area (Å²) < 4.78 is 41.6. The van der Waals surface area contributed by atoms with Gasteiger partial charge in [0.25, 0.3) is 0 Å². The fourth-order valence-corrected chi connectivity index (χ4v) is 4.73. The Bertz CT molecular complexity index is 1140. The second-order valence-corrected chi connectivity index (χ2v) is 9.12. The van der Waals surface area contributed by atoms with Gasteiger partial charge in [-0.05, 0) is 37.9 Å².